The van der Waals surface area contributed by atoms with E-state index in [0.717, 1.165) is 45.6 Å². The zero-order chi connectivity index (χ0) is 17.8. The number of anilines is 1. The maximum atomic E-state index is 11.5. The maximum absolute atomic E-state index is 11.5. The van der Waals surface area contributed by atoms with Gasteiger partial charge in [-0.2, -0.15) is 0 Å². The molecule has 2 saturated heterocycles. The zero-order valence-corrected chi connectivity index (χ0v) is 15.7. The molecule has 2 atom stereocenters. The van der Waals surface area contributed by atoms with E-state index >= 15 is 0 Å². The Morgan fingerprint density at radius 3 is 2.44 bits per heavy atom. The monoisotopic (exact) mass is 345 g/mol. The van der Waals surface area contributed by atoms with Crippen LogP contribution in [0.25, 0.3) is 0 Å². The molecule has 3 rings (SSSR count). The van der Waals surface area contributed by atoms with Gasteiger partial charge in [-0.3, -0.25) is 9.69 Å². The number of benzene rings is 1. The van der Waals surface area contributed by atoms with Crippen LogP contribution >= 0.6 is 0 Å². The molecule has 0 aliphatic carbocycles. The van der Waals surface area contributed by atoms with Gasteiger partial charge >= 0.3 is 0 Å². The van der Waals surface area contributed by atoms with Gasteiger partial charge in [0.15, 0.2) is 0 Å². The Hall–Kier alpha value is -1.59. The topological polar surface area (TPSA) is 44.8 Å². The normalized spacial score (nSPS) is 25.8. The largest absolute Gasteiger partial charge is 0.382 e. The first kappa shape index (κ1) is 18.2. The molecule has 2 heterocycles. The second-order valence-electron chi connectivity index (χ2n) is 7.53. The number of carbonyl (C=O) groups excluding carboxylic acids is 1. The number of hydrogen-bond acceptors (Lipinski definition) is 4. The number of likely N-dealkylation sites (tertiary alicyclic amines) is 1. The zero-order valence-electron chi connectivity index (χ0n) is 15.7. The highest BCUT2D eigenvalue weighted by Crippen LogP contribution is 2.23. The third kappa shape index (κ3) is 4.95. The molecular formula is C20H31N3O2. The van der Waals surface area contributed by atoms with Gasteiger partial charge in [0.05, 0.1) is 12.2 Å². The standard InChI is InChI=1S/C20H31N3O2/c1-15-12-22(13-16(2)25-15)14-18-6-4-5-7-20(18)21-19-8-10-23(11-9-19)17(3)24/h4-7,15-16,19,21H,8-14H2,1-3H3/t15-,16+. The lowest BCUT2D eigenvalue weighted by atomic mass is 10.0. The molecule has 0 spiro atoms. The maximum Gasteiger partial charge on any atom is 0.219 e. The highest BCUT2D eigenvalue weighted by Gasteiger charge is 2.24. The number of ether oxygens (including phenoxy) is 1. The number of nitrogens with zero attached hydrogens (tertiary/aromatic N) is 2. The van der Waals surface area contributed by atoms with Crippen molar-refractivity contribution >= 4 is 11.6 Å². The Kier molecular flexibility index (Phi) is 5.97. The minimum Gasteiger partial charge on any atom is -0.382 e. The molecule has 2 fully saturated rings. The molecule has 2 aliphatic heterocycles. The van der Waals surface area contributed by atoms with Gasteiger partial charge in [-0.25, -0.2) is 0 Å². The van der Waals surface area contributed by atoms with Gasteiger partial charge in [-0.15, -0.1) is 0 Å². The van der Waals surface area contributed by atoms with Gasteiger partial charge in [-0.05, 0) is 38.3 Å². The number of hydrogen-bond donors (Lipinski definition) is 1. The lowest BCUT2D eigenvalue weighted by molar-refractivity contribution is -0.129. The summed E-state index contributed by atoms with van der Waals surface area (Å²) in [4.78, 5) is 15.9. The molecule has 1 aromatic rings. The molecule has 0 unspecified atom stereocenters. The quantitative estimate of drug-likeness (QED) is 0.911. The van der Waals surface area contributed by atoms with Crippen molar-refractivity contribution in [2.45, 2.75) is 58.4 Å². The molecule has 0 bridgehead atoms. The second-order valence-corrected chi connectivity index (χ2v) is 7.53. The molecule has 2 aliphatic rings. The Morgan fingerprint density at radius 1 is 1.16 bits per heavy atom. The Balaban J connectivity index is 1.60. The van der Waals surface area contributed by atoms with Crippen molar-refractivity contribution < 1.29 is 9.53 Å². The van der Waals surface area contributed by atoms with Crippen LogP contribution in [0.15, 0.2) is 24.3 Å². The second kappa shape index (κ2) is 8.19. The smallest absolute Gasteiger partial charge is 0.219 e. The van der Waals surface area contributed by atoms with Crippen LogP contribution in [0.2, 0.25) is 0 Å². The third-order valence-corrected chi connectivity index (χ3v) is 5.21. The minimum absolute atomic E-state index is 0.189. The van der Waals surface area contributed by atoms with Crippen molar-refractivity contribution in [1.82, 2.24) is 9.80 Å². The number of morpholine rings is 1. The van der Waals surface area contributed by atoms with E-state index in [0.29, 0.717) is 18.2 Å². The fourth-order valence-electron chi connectivity index (χ4n) is 4.01. The van der Waals surface area contributed by atoms with Crippen molar-refractivity contribution in [3.8, 4) is 0 Å². The van der Waals surface area contributed by atoms with Crippen molar-refractivity contribution in [1.29, 1.82) is 0 Å². The van der Waals surface area contributed by atoms with Gasteiger partial charge in [-0.1, -0.05) is 18.2 Å². The first-order valence-electron chi connectivity index (χ1n) is 9.49. The van der Waals surface area contributed by atoms with E-state index in [-0.39, 0.29) is 5.91 Å². The molecule has 5 heteroatoms. The summed E-state index contributed by atoms with van der Waals surface area (Å²) >= 11 is 0. The molecule has 138 valence electrons. The number of nitrogens with one attached hydrogen (secondary N) is 1. The summed E-state index contributed by atoms with van der Waals surface area (Å²) in [5, 5.41) is 3.73. The van der Waals surface area contributed by atoms with Gasteiger partial charge in [0.1, 0.15) is 0 Å². The molecule has 1 amide bonds. The molecule has 0 saturated carbocycles. The van der Waals surface area contributed by atoms with E-state index in [9.17, 15) is 4.79 Å². The lowest BCUT2D eigenvalue weighted by Crippen LogP contribution is -2.45. The van der Waals surface area contributed by atoms with Crippen molar-refractivity contribution in [2.24, 2.45) is 0 Å². The fraction of sp³-hybridized carbons (Fsp3) is 0.650. The summed E-state index contributed by atoms with van der Waals surface area (Å²) in [6.07, 6.45) is 2.61. The average Bonchev–Trinajstić information content (AvgIpc) is 2.56. The summed E-state index contributed by atoms with van der Waals surface area (Å²) < 4.78 is 5.85. The first-order chi connectivity index (χ1) is 12.0. The van der Waals surface area contributed by atoms with E-state index in [1.807, 2.05) is 4.90 Å². The van der Waals surface area contributed by atoms with Gasteiger partial charge in [0.25, 0.3) is 0 Å². The predicted molar refractivity (Wildman–Crippen MR) is 101 cm³/mol. The molecule has 0 aromatic heterocycles. The van der Waals surface area contributed by atoms with Crippen LogP contribution in [0, 0.1) is 0 Å². The van der Waals surface area contributed by atoms with E-state index < -0.39 is 0 Å². The fourth-order valence-corrected chi connectivity index (χ4v) is 4.01. The summed E-state index contributed by atoms with van der Waals surface area (Å²) in [5.74, 6) is 0.189. The molecular weight excluding hydrogens is 314 g/mol. The lowest BCUT2D eigenvalue weighted by Gasteiger charge is -2.36. The summed E-state index contributed by atoms with van der Waals surface area (Å²) in [6, 6.07) is 9.06. The van der Waals surface area contributed by atoms with Gasteiger partial charge in [0, 0.05) is 51.4 Å². The van der Waals surface area contributed by atoms with Crippen LogP contribution in [-0.2, 0) is 16.1 Å². The Labute approximate surface area is 151 Å². The highest BCUT2D eigenvalue weighted by atomic mass is 16.5. The molecule has 1 aromatic carbocycles. The number of amides is 1. The van der Waals surface area contributed by atoms with Crippen molar-refractivity contribution in [3.63, 3.8) is 0 Å². The van der Waals surface area contributed by atoms with Crippen LogP contribution in [-0.4, -0.2) is 60.1 Å². The molecule has 25 heavy (non-hydrogen) atoms. The van der Waals surface area contributed by atoms with E-state index in [1.54, 1.807) is 6.92 Å². The molecule has 0 radical (unpaired) electrons. The highest BCUT2D eigenvalue weighted by molar-refractivity contribution is 5.73. The van der Waals surface area contributed by atoms with Crippen LogP contribution in [0.5, 0.6) is 0 Å². The summed E-state index contributed by atoms with van der Waals surface area (Å²) in [7, 11) is 0. The van der Waals surface area contributed by atoms with Crippen LogP contribution < -0.4 is 5.32 Å². The number of rotatable bonds is 4. The third-order valence-electron chi connectivity index (χ3n) is 5.21. The van der Waals surface area contributed by atoms with Gasteiger partial charge < -0.3 is 15.0 Å². The van der Waals surface area contributed by atoms with Crippen molar-refractivity contribution in [2.75, 3.05) is 31.5 Å². The van der Waals surface area contributed by atoms with Crippen LogP contribution in [0.1, 0.15) is 39.2 Å². The minimum atomic E-state index is 0.189. The molecule has 1 N–H and O–H groups in total. The van der Waals surface area contributed by atoms with Crippen molar-refractivity contribution in [3.05, 3.63) is 29.8 Å². The number of carbonyl (C=O) groups is 1. The summed E-state index contributed by atoms with van der Waals surface area (Å²) in [6.45, 7) is 10.6. The average molecular weight is 345 g/mol. The van der Waals surface area contributed by atoms with Crippen LogP contribution in [0.3, 0.4) is 0 Å². The number of piperidine rings is 1. The van der Waals surface area contributed by atoms with Crippen LogP contribution in [0.4, 0.5) is 5.69 Å². The SMILES string of the molecule is CC(=O)N1CCC(Nc2ccccc2CN2C[C@@H](C)O[C@@H](C)C2)CC1. The van der Waals surface area contributed by atoms with Gasteiger partial charge in [0.2, 0.25) is 5.91 Å². The molecule has 5 nitrogen and oxygen atoms in total. The Morgan fingerprint density at radius 2 is 1.80 bits per heavy atom. The van der Waals surface area contributed by atoms with E-state index in [4.69, 9.17) is 4.74 Å². The first-order valence-corrected chi connectivity index (χ1v) is 9.49. The van der Waals surface area contributed by atoms with E-state index in [1.165, 1.54) is 11.3 Å². The predicted octanol–water partition coefficient (Wildman–Crippen LogP) is 2.72. The van der Waals surface area contributed by atoms with E-state index in [2.05, 4.69) is 48.3 Å². The number of para-hydroxylation sites is 1. The summed E-state index contributed by atoms with van der Waals surface area (Å²) in [5.41, 5.74) is 2.58. The Bertz CT molecular complexity index is 574.